The Hall–Kier alpha value is -2.75. The minimum atomic E-state index is -0.0154. The number of methoxy groups -OCH3 is 1. The highest BCUT2D eigenvalue weighted by atomic mass is 16.5. The van der Waals surface area contributed by atoms with E-state index in [-0.39, 0.29) is 5.91 Å². The number of carbonyl (C=O) groups is 1. The third-order valence-electron chi connectivity index (χ3n) is 5.21. The van der Waals surface area contributed by atoms with Crippen LogP contribution in [0.4, 0.5) is 0 Å². The van der Waals surface area contributed by atoms with Gasteiger partial charge >= 0.3 is 0 Å². The Labute approximate surface area is 153 Å². The molecule has 0 atom stereocenters. The van der Waals surface area contributed by atoms with Gasteiger partial charge in [0.15, 0.2) is 5.76 Å². The Morgan fingerprint density at radius 1 is 1.12 bits per heavy atom. The second-order valence-electron chi connectivity index (χ2n) is 6.94. The summed E-state index contributed by atoms with van der Waals surface area (Å²) in [6, 6.07) is 18.0. The van der Waals surface area contributed by atoms with Crippen molar-refractivity contribution >= 4 is 16.9 Å². The Morgan fingerprint density at radius 2 is 1.88 bits per heavy atom. The summed E-state index contributed by atoms with van der Waals surface area (Å²) < 4.78 is 11.0. The molecule has 0 aliphatic carbocycles. The first-order chi connectivity index (χ1) is 12.7. The topological polar surface area (TPSA) is 42.7 Å². The van der Waals surface area contributed by atoms with E-state index in [2.05, 4.69) is 24.3 Å². The quantitative estimate of drug-likeness (QED) is 0.695. The number of piperidine rings is 1. The van der Waals surface area contributed by atoms with E-state index in [0.29, 0.717) is 17.3 Å². The molecule has 1 aromatic heterocycles. The molecule has 4 rings (SSSR count). The lowest BCUT2D eigenvalue weighted by molar-refractivity contribution is 0.0661. The zero-order valence-electron chi connectivity index (χ0n) is 15.0. The van der Waals surface area contributed by atoms with Crippen molar-refractivity contribution in [1.82, 2.24) is 4.90 Å². The fourth-order valence-electron chi connectivity index (χ4n) is 3.69. The number of hydrogen-bond acceptors (Lipinski definition) is 3. The Balaban J connectivity index is 1.40. The molecule has 134 valence electrons. The molecule has 0 spiro atoms. The Kier molecular flexibility index (Phi) is 4.65. The van der Waals surface area contributed by atoms with Crippen LogP contribution < -0.4 is 4.74 Å². The molecule has 3 aromatic rings. The summed E-state index contributed by atoms with van der Waals surface area (Å²) in [5.74, 6) is 1.77. The van der Waals surface area contributed by atoms with Gasteiger partial charge in [-0.05, 0) is 48.9 Å². The molecule has 1 fully saturated rings. The summed E-state index contributed by atoms with van der Waals surface area (Å²) in [5.41, 5.74) is 2.06. The third kappa shape index (κ3) is 3.45. The fourth-order valence-corrected chi connectivity index (χ4v) is 3.69. The van der Waals surface area contributed by atoms with Crippen LogP contribution in [-0.4, -0.2) is 31.0 Å². The van der Waals surface area contributed by atoms with E-state index < -0.39 is 0 Å². The molecule has 2 aromatic carbocycles. The molecule has 1 amide bonds. The predicted octanol–water partition coefficient (Wildman–Crippen LogP) is 4.54. The summed E-state index contributed by atoms with van der Waals surface area (Å²) in [6.07, 6.45) is 3.16. The van der Waals surface area contributed by atoms with Gasteiger partial charge in [-0.3, -0.25) is 4.79 Å². The first kappa shape index (κ1) is 16.7. The van der Waals surface area contributed by atoms with Crippen LogP contribution >= 0.6 is 0 Å². The second-order valence-corrected chi connectivity index (χ2v) is 6.94. The summed E-state index contributed by atoms with van der Waals surface area (Å²) in [6.45, 7) is 1.58. The van der Waals surface area contributed by atoms with Gasteiger partial charge < -0.3 is 14.1 Å². The average molecular weight is 349 g/mol. The standard InChI is InChI=1S/C22H23NO3/c1-25-19-8-7-18-14-21(26-20(18)15-19)22(24)23-11-9-17(10-12-23)13-16-5-3-2-4-6-16/h2-8,14-15,17H,9-13H2,1H3. The maximum absolute atomic E-state index is 12.8. The second kappa shape index (κ2) is 7.24. The molecule has 0 N–H and O–H groups in total. The van der Waals surface area contributed by atoms with E-state index in [4.69, 9.17) is 9.15 Å². The largest absolute Gasteiger partial charge is 0.497 e. The molecule has 1 aliphatic rings. The van der Waals surface area contributed by atoms with Crippen LogP contribution in [0.3, 0.4) is 0 Å². The van der Waals surface area contributed by atoms with E-state index in [1.807, 2.05) is 35.2 Å². The SMILES string of the molecule is COc1ccc2cc(C(=O)N3CCC(Cc4ccccc4)CC3)oc2c1. The molecular weight excluding hydrogens is 326 g/mol. The molecule has 4 heteroatoms. The van der Waals surface area contributed by atoms with Crippen LogP contribution in [0.25, 0.3) is 11.0 Å². The maximum atomic E-state index is 12.8. The minimum absolute atomic E-state index is 0.0154. The lowest BCUT2D eigenvalue weighted by Gasteiger charge is -2.31. The van der Waals surface area contributed by atoms with Crippen LogP contribution in [0, 0.1) is 5.92 Å². The monoisotopic (exact) mass is 349 g/mol. The summed E-state index contributed by atoms with van der Waals surface area (Å²) in [5, 5.41) is 0.924. The molecular formula is C22H23NO3. The average Bonchev–Trinajstić information content (AvgIpc) is 3.12. The van der Waals surface area contributed by atoms with Gasteiger partial charge in [0.25, 0.3) is 5.91 Å². The van der Waals surface area contributed by atoms with Crippen molar-refractivity contribution in [2.45, 2.75) is 19.3 Å². The van der Waals surface area contributed by atoms with E-state index in [0.717, 1.165) is 43.5 Å². The molecule has 4 nitrogen and oxygen atoms in total. The van der Waals surface area contributed by atoms with Gasteiger partial charge in [-0.15, -0.1) is 0 Å². The molecule has 1 saturated heterocycles. The Morgan fingerprint density at radius 3 is 2.62 bits per heavy atom. The number of rotatable bonds is 4. The predicted molar refractivity (Wildman–Crippen MR) is 102 cm³/mol. The van der Waals surface area contributed by atoms with E-state index in [1.165, 1.54) is 5.56 Å². The van der Waals surface area contributed by atoms with Crippen LogP contribution in [0.5, 0.6) is 5.75 Å². The Bertz CT molecular complexity index is 892. The van der Waals surface area contributed by atoms with Crippen LogP contribution in [-0.2, 0) is 6.42 Å². The van der Waals surface area contributed by atoms with Crippen molar-refractivity contribution in [3.05, 3.63) is 65.9 Å². The van der Waals surface area contributed by atoms with Crippen molar-refractivity contribution in [3.8, 4) is 5.75 Å². The van der Waals surface area contributed by atoms with Crippen molar-refractivity contribution in [1.29, 1.82) is 0 Å². The van der Waals surface area contributed by atoms with Crippen molar-refractivity contribution < 1.29 is 13.9 Å². The van der Waals surface area contributed by atoms with Gasteiger partial charge in [0.1, 0.15) is 11.3 Å². The molecule has 0 unspecified atom stereocenters. The minimum Gasteiger partial charge on any atom is -0.497 e. The fraction of sp³-hybridized carbons (Fsp3) is 0.318. The molecule has 1 aliphatic heterocycles. The zero-order chi connectivity index (χ0) is 17.9. The first-order valence-corrected chi connectivity index (χ1v) is 9.14. The molecule has 0 radical (unpaired) electrons. The number of furan rings is 1. The number of nitrogens with zero attached hydrogens (tertiary/aromatic N) is 1. The van der Waals surface area contributed by atoms with Gasteiger partial charge in [0, 0.05) is 24.5 Å². The third-order valence-corrected chi connectivity index (χ3v) is 5.21. The first-order valence-electron chi connectivity index (χ1n) is 9.14. The zero-order valence-corrected chi connectivity index (χ0v) is 15.0. The number of carbonyl (C=O) groups excluding carboxylic acids is 1. The molecule has 2 heterocycles. The van der Waals surface area contributed by atoms with Gasteiger partial charge in [-0.25, -0.2) is 0 Å². The number of likely N-dealkylation sites (tertiary alicyclic amines) is 1. The van der Waals surface area contributed by atoms with Crippen LogP contribution in [0.2, 0.25) is 0 Å². The molecule has 0 saturated carbocycles. The highest BCUT2D eigenvalue weighted by Crippen LogP contribution is 2.27. The highest BCUT2D eigenvalue weighted by Gasteiger charge is 2.25. The number of hydrogen-bond donors (Lipinski definition) is 0. The smallest absolute Gasteiger partial charge is 0.289 e. The van der Waals surface area contributed by atoms with Crippen molar-refractivity contribution in [2.75, 3.05) is 20.2 Å². The number of amides is 1. The van der Waals surface area contributed by atoms with Gasteiger partial charge in [0.05, 0.1) is 7.11 Å². The van der Waals surface area contributed by atoms with Crippen molar-refractivity contribution in [3.63, 3.8) is 0 Å². The number of benzene rings is 2. The van der Waals surface area contributed by atoms with Crippen LogP contribution in [0.15, 0.2) is 59.0 Å². The summed E-state index contributed by atoms with van der Waals surface area (Å²) >= 11 is 0. The van der Waals surface area contributed by atoms with Crippen molar-refractivity contribution in [2.24, 2.45) is 5.92 Å². The van der Waals surface area contributed by atoms with E-state index in [9.17, 15) is 4.79 Å². The van der Waals surface area contributed by atoms with Gasteiger partial charge in [-0.1, -0.05) is 30.3 Å². The van der Waals surface area contributed by atoms with E-state index in [1.54, 1.807) is 7.11 Å². The normalized spacial score (nSPS) is 15.3. The lowest BCUT2D eigenvalue weighted by atomic mass is 9.90. The molecule has 26 heavy (non-hydrogen) atoms. The number of fused-ring (bicyclic) bond motifs is 1. The van der Waals surface area contributed by atoms with Gasteiger partial charge in [-0.2, -0.15) is 0 Å². The number of ether oxygens (including phenoxy) is 1. The molecule has 0 bridgehead atoms. The summed E-state index contributed by atoms with van der Waals surface area (Å²) in [7, 11) is 1.62. The maximum Gasteiger partial charge on any atom is 0.289 e. The summed E-state index contributed by atoms with van der Waals surface area (Å²) in [4.78, 5) is 14.7. The highest BCUT2D eigenvalue weighted by molar-refractivity contribution is 5.96. The lowest BCUT2D eigenvalue weighted by Crippen LogP contribution is -2.38. The van der Waals surface area contributed by atoms with Gasteiger partial charge in [0.2, 0.25) is 0 Å². The van der Waals surface area contributed by atoms with Crippen LogP contribution in [0.1, 0.15) is 29.0 Å². The van der Waals surface area contributed by atoms with E-state index >= 15 is 0 Å².